The fraction of sp³-hybridized carbons (Fsp3) is 0.812. The summed E-state index contributed by atoms with van der Waals surface area (Å²) >= 11 is 3.75. The van der Waals surface area contributed by atoms with E-state index >= 15 is 0 Å². The number of allylic oxidation sites excluding steroid dienone is 1. The number of hydrogen-bond acceptors (Lipinski definition) is 4. The van der Waals surface area contributed by atoms with Gasteiger partial charge in [-0.05, 0) is 50.0 Å². The molecule has 0 radical (unpaired) electrons. The predicted octanol–water partition coefficient (Wildman–Crippen LogP) is 3.42. The van der Waals surface area contributed by atoms with Crippen LogP contribution in [-0.4, -0.2) is 31.4 Å². The molecule has 3 aliphatic rings. The molecule has 5 unspecified atom stereocenters. The van der Waals surface area contributed by atoms with Crippen LogP contribution in [0.2, 0.25) is 0 Å². The molecule has 0 amide bonds. The largest absolute Gasteiger partial charge is 0.450 e. The lowest BCUT2D eigenvalue weighted by Crippen LogP contribution is -2.40. The highest BCUT2D eigenvalue weighted by atomic mass is 32.1. The van der Waals surface area contributed by atoms with Gasteiger partial charge in [-0.25, -0.2) is 4.79 Å². The Morgan fingerprint density at radius 3 is 2.43 bits per heavy atom. The molecule has 2 bridgehead atoms. The van der Waals surface area contributed by atoms with Crippen LogP contribution in [0.15, 0.2) is 12.2 Å². The zero-order valence-electron chi connectivity index (χ0n) is 12.7. The van der Waals surface area contributed by atoms with Crippen LogP contribution in [0.5, 0.6) is 0 Å². The topological polar surface area (TPSA) is 44.8 Å². The fourth-order valence-corrected chi connectivity index (χ4v) is 5.34. The first-order valence-electron chi connectivity index (χ1n) is 7.79. The van der Waals surface area contributed by atoms with Crippen LogP contribution in [0.3, 0.4) is 0 Å². The molecule has 0 aromatic heterocycles. The van der Waals surface area contributed by atoms with Gasteiger partial charge in [0.05, 0.1) is 0 Å². The Labute approximate surface area is 131 Å². The van der Waals surface area contributed by atoms with Crippen molar-refractivity contribution in [3.8, 4) is 0 Å². The van der Waals surface area contributed by atoms with E-state index in [4.69, 9.17) is 14.2 Å². The molecule has 4 nitrogen and oxygen atoms in total. The average molecular weight is 312 g/mol. The predicted molar refractivity (Wildman–Crippen MR) is 82.2 cm³/mol. The third-order valence-corrected chi connectivity index (χ3v) is 5.92. The van der Waals surface area contributed by atoms with Crippen molar-refractivity contribution in [1.29, 1.82) is 0 Å². The van der Waals surface area contributed by atoms with E-state index in [0.717, 1.165) is 19.3 Å². The molecule has 2 fully saturated rings. The van der Waals surface area contributed by atoms with Crippen molar-refractivity contribution < 1.29 is 19.0 Å². The van der Waals surface area contributed by atoms with E-state index in [2.05, 4.69) is 18.7 Å². The molecular weight excluding hydrogens is 288 g/mol. The molecule has 0 spiro atoms. The van der Waals surface area contributed by atoms with Crippen molar-refractivity contribution in [2.45, 2.75) is 44.0 Å². The first-order chi connectivity index (χ1) is 10.1. The van der Waals surface area contributed by atoms with E-state index in [1.165, 1.54) is 12.8 Å². The number of carbonyl (C=O) groups is 1. The zero-order valence-corrected chi connectivity index (χ0v) is 13.6. The standard InChI is InChI=1S/C16H24O4S/c1-18-16(19-2)13-7-8-14(16)12-9-10(20-15(17)21)5-3-4-6-11(12)13/h3,5,10-14H,4,6-9H2,1-2H3,(H,17,21)/b5-3+. The monoisotopic (exact) mass is 312 g/mol. The summed E-state index contributed by atoms with van der Waals surface area (Å²) in [4.78, 5) is 11.2. The van der Waals surface area contributed by atoms with Gasteiger partial charge in [0.15, 0.2) is 5.79 Å². The second-order valence-corrected chi connectivity index (χ2v) is 6.78. The first kappa shape index (κ1) is 15.4. The SMILES string of the molecule is COC1(OC)C2CCC1C1CC(OC(=O)S)/C=C/CCC12. The van der Waals surface area contributed by atoms with E-state index in [-0.39, 0.29) is 6.10 Å². The van der Waals surface area contributed by atoms with E-state index in [0.29, 0.717) is 23.7 Å². The summed E-state index contributed by atoms with van der Waals surface area (Å²) in [6.07, 6.45) is 9.32. The van der Waals surface area contributed by atoms with Crippen LogP contribution in [-0.2, 0) is 14.2 Å². The summed E-state index contributed by atoms with van der Waals surface area (Å²) in [7, 11) is 3.52. The number of hydrogen-bond donors (Lipinski definition) is 1. The van der Waals surface area contributed by atoms with Crippen molar-refractivity contribution >= 4 is 17.9 Å². The summed E-state index contributed by atoms with van der Waals surface area (Å²) < 4.78 is 17.1. The molecule has 0 N–H and O–H groups in total. The summed E-state index contributed by atoms with van der Waals surface area (Å²) in [5.74, 6) is 1.51. The molecule has 0 saturated heterocycles. The lowest BCUT2D eigenvalue weighted by molar-refractivity contribution is -0.239. The van der Waals surface area contributed by atoms with E-state index in [1.54, 1.807) is 14.2 Å². The molecule has 0 aromatic rings. The Balaban J connectivity index is 1.85. The number of fused-ring (bicyclic) bond motifs is 5. The van der Waals surface area contributed by atoms with Gasteiger partial charge in [0.2, 0.25) is 0 Å². The summed E-state index contributed by atoms with van der Waals surface area (Å²) in [6.45, 7) is 0. The molecule has 5 heteroatoms. The van der Waals surface area contributed by atoms with Crippen LogP contribution in [0.4, 0.5) is 4.79 Å². The molecule has 118 valence electrons. The quantitative estimate of drug-likeness (QED) is 0.375. The van der Waals surface area contributed by atoms with E-state index in [9.17, 15) is 4.79 Å². The lowest BCUT2D eigenvalue weighted by atomic mass is 9.73. The second-order valence-electron chi connectivity index (χ2n) is 6.41. The lowest BCUT2D eigenvalue weighted by Gasteiger charge is -2.33. The van der Waals surface area contributed by atoms with Crippen molar-refractivity contribution in [1.82, 2.24) is 0 Å². The van der Waals surface area contributed by atoms with Gasteiger partial charge in [0.1, 0.15) is 6.10 Å². The van der Waals surface area contributed by atoms with Crippen LogP contribution in [0.1, 0.15) is 32.1 Å². The van der Waals surface area contributed by atoms with Gasteiger partial charge in [-0.1, -0.05) is 18.7 Å². The number of rotatable bonds is 3. The van der Waals surface area contributed by atoms with Gasteiger partial charge in [0.25, 0.3) is 0 Å². The molecule has 2 saturated carbocycles. The Bertz CT molecular complexity index is 432. The molecule has 21 heavy (non-hydrogen) atoms. The van der Waals surface area contributed by atoms with Crippen LogP contribution in [0, 0.1) is 23.7 Å². The van der Waals surface area contributed by atoms with Gasteiger partial charge in [-0.15, -0.1) is 0 Å². The minimum absolute atomic E-state index is 0.173. The normalized spacial score (nSPS) is 42.0. The molecule has 0 aromatic carbocycles. The number of methoxy groups -OCH3 is 2. The maximum Gasteiger partial charge on any atom is 0.364 e. The third-order valence-electron chi connectivity index (χ3n) is 5.82. The highest BCUT2D eigenvalue weighted by molar-refractivity contribution is 7.96. The number of ether oxygens (including phenoxy) is 3. The third kappa shape index (κ3) is 2.43. The van der Waals surface area contributed by atoms with Crippen molar-refractivity contribution in [3.05, 3.63) is 12.2 Å². The van der Waals surface area contributed by atoms with Gasteiger partial charge < -0.3 is 14.2 Å². The Morgan fingerprint density at radius 2 is 1.81 bits per heavy atom. The highest BCUT2D eigenvalue weighted by Crippen LogP contribution is 2.62. The highest BCUT2D eigenvalue weighted by Gasteiger charge is 2.64. The smallest absolute Gasteiger partial charge is 0.364 e. The van der Waals surface area contributed by atoms with Gasteiger partial charge in [0, 0.05) is 26.1 Å². The molecular formula is C16H24O4S. The van der Waals surface area contributed by atoms with Gasteiger partial charge in [-0.3, -0.25) is 0 Å². The average Bonchev–Trinajstić information content (AvgIpc) is 2.90. The van der Waals surface area contributed by atoms with Crippen LogP contribution in [0.25, 0.3) is 0 Å². The van der Waals surface area contributed by atoms with Crippen molar-refractivity contribution in [2.75, 3.05) is 14.2 Å². The Hall–Kier alpha value is -0.520. The first-order valence-corrected chi connectivity index (χ1v) is 8.23. The summed E-state index contributed by atoms with van der Waals surface area (Å²) in [6, 6.07) is 0. The fourth-order valence-electron chi connectivity index (χ4n) is 5.20. The minimum Gasteiger partial charge on any atom is -0.450 e. The van der Waals surface area contributed by atoms with Crippen LogP contribution < -0.4 is 0 Å². The van der Waals surface area contributed by atoms with Crippen molar-refractivity contribution in [2.24, 2.45) is 23.7 Å². The maximum absolute atomic E-state index is 11.2. The summed E-state index contributed by atoms with van der Waals surface area (Å²) in [5, 5.41) is -0.505. The molecule has 0 aliphatic heterocycles. The van der Waals surface area contributed by atoms with Gasteiger partial charge >= 0.3 is 5.30 Å². The molecule has 3 aliphatic carbocycles. The summed E-state index contributed by atoms with van der Waals surface area (Å²) in [5.41, 5.74) is 0. The van der Waals surface area contributed by atoms with E-state index in [1.807, 2.05) is 6.08 Å². The van der Waals surface area contributed by atoms with Gasteiger partial charge in [-0.2, -0.15) is 0 Å². The second kappa shape index (κ2) is 5.94. The molecule has 5 atom stereocenters. The molecule has 3 rings (SSSR count). The van der Waals surface area contributed by atoms with Crippen LogP contribution >= 0.6 is 12.6 Å². The van der Waals surface area contributed by atoms with E-state index < -0.39 is 11.1 Å². The zero-order chi connectivity index (χ0) is 15.0. The Morgan fingerprint density at radius 1 is 1.14 bits per heavy atom. The maximum atomic E-state index is 11.2. The number of thiol groups is 1. The molecule has 0 heterocycles. The van der Waals surface area contributed by atoms with Crippen molar-refractivity contribution in [3.63, 3.8) is 0 Å². The Kier molecular flexibility index (Phi) is 4.35. The minimum atomic E-state index is -0.505. The number of carbonyl (C=O) groups excluding carboxylic acids is 1.